The van der Waals surface area contributed by atoms with E-state index in [-0.39, 0.29) is 10.1 Å². The van der Waals surface area contributed by atoms with E-state index in [0.717, 1.165) is 11.5 Å². The van der Waals surface area contributed by atoms with E-state index in [4.69, 9.17) is 9.47 Å². The molecule has 0 aliphatic carbocycles. The van der Waals surface area contributed by atoms with Gasteiger partial charge < -0.3 is 9.47 Å². The first-order chi connectivity index (χ1) is 21.5. The van der Waals surface area contributed by atoms with Crippen LogP contribution in [0.1, 0.15) is 41.5 Å². The minimum absolute atomic E-state index is 0.242. The molecule has 0 bridgehead atoms. The van der Waals surface area contributed by atoms with Crippen molar-refractivity contribution in [3.05, 3.63) is 60.7 Å². The summed E-state index contributed by atoms with van der Waals surface area (Å²) in [5.74, 6) is 1.79. The Morgan fingerprint density at radius 3 is 1.11 bits per heavy atom. The van der Waals surface area contributed by atoms with Crippen molar-refractivity contribution in [2.45, 2.75) is 77.8 Å². The van der Waals surface area contributed by atoms with E-state index in [1.165, 1.54) is 50.8 Å². The summed E-state index contributed by atoms with van der Waals surface area (Å²) in [4.78, 5) is 5.62. The molecule has 46 heavy (non-hydrogen) atoms. The molecule has 0 unspecified atom stereocenters. The molecule has 2 nitrogen and oxygen atoms in total. The number of rotatable bonds is 7. The number of benzene rings is 2. The monoisotopic (exact) mass is 718 g/mol. The zero-order valence-electron chi connectivity index (χ0n) is 29.2. The third-order valence-corrected chi connectivity index (χ3v) is 29.5. The molecule has 0 atom stereocenters. The van der Waals surface area contributed by atoms with E-state index in [2.05, 4.69) is 151 Å². The molecule has 0 N–H and O–H groups in total. The van der Waals surface area contributed by atoms with E-state index in [0.29, 0.717) is 0 Å². The number of thiophene rings is 4. The minimum atomic E-state index is -1.83. The molecule has 6 aromatic rings. The smallest absolute Gasteiger partial charge is 0.118 e. The maximum Gasteiger partial charge on any atom is 0.118 e. The number of methoxy groups -OCH3 is 2. The van der Waals surface area contributed by atoms with Gasteiger partial charge in [-0.25, -0.2) is 0 Å². The summed E-state index contributed by atoms with van der Waals surface area (Å²) in [7, 11) is -0.199. The molecule has 0 saturated heterocycles. The molecule has 0 amide bonds. The van der Waals surface area contributed by atoms with E-state index in [9.17, 15) is 0 Å². The largest absolute Gasteiger partial charge is 0.497 e. The molecule has 242 valence electrons. The first-order valence-electron chi connectivity index (χ1n) is 15.9. The zero-order chi connectivity index (χ0) is 33.4. The van der Waals surface area contributed by atoms with Crippen molar-refractivity contribution in [1.82, 2.24) is 0 Å². The lowest BCUT2D eigenvalue weighted by Gasteiger charge is -2.36. The number of hydrogen-bond acceptors (Lipinski definition) is 6. The van der Waals surface area contributed by atoms with E-state index < -0.39 is 16.1 Å². The Bertz CT molecular complexity index is 1870. The van der Waals surface area contributed by atoms with E-state index in [1.54, 1.807) is 23.2 Å². The highest BCUT2D eigenvalue weighted by Crippen LogP contribution is 2.52. The molecule has 0 spiro atoms. The van der Waals surface area contributed by atoms with Crippen LogP contribution in [0.3, 0.4) is 0 Å². The average molecular weight is 719 g/mol. The summed E-state index contributed by atoms with van der Waals surface area (Å²) in [5.41, 5.74) is 2.52. The Labute approximate surface area is 293 Å². The topological polar surface area (TPSA) is 18.5 Å². The van der Waals surface area contributed by atoms with Crippen LogP contribution in [0.2, 0.25) is 36.3 Å². The molecule has 2 aromatic carbocycles. The summed E-state index contributed by atoms with van der Waals surface area (Å²) in [6, 6.07) is 22.1. The van der Waals surface area contributed by atoms with Gasteiger partial charge in [0.05, 0.1) is 49.5 Å². The Kier molecular flexibility index (Phi) is 8.60. The van der Waals surface area contributed by atoms with Crippen LogP contribution in [0.25, 0.3) is 50.8 Å². The van der Waals surface area contributed by atoms with Gasteiger partial charge in [-0.1, -0.05) is 67.7 Å². The summed E-state index contributed by atoms with van der Waals surface area (Å²) >= 11 is 8.14. The number of ether oxygens (including phenoxy) is 2. The summed E-state index contributed by atoms with van der Waals surface area (Å²) in [6.07, 6.45) is 0. The fourth-order valence-corrected chi connectivity index (χ4v) is 18.3. The molecule has 0 radical (unpaired) electrons. The number of fused-ring (bicyclic) bond motifs is 2. The van der Waals surface area contributed by atoms with Gasteiger partial charge in [-0.05, 0) is 90.9 Å². The van der Waals surface area contributed by atoms with E-state index >= 15 is 0 Å². The molecule has 8 heteroatoms. The van der Waals surface area contributed by atoms with Crippen LogP contribution in [0, 0.1) is 0 Å². The third-order valence-electron chi connectivity index (χ3n) is 10.6. The zero-order valence-corrected chi connectivity index (χ0v) is 34.5. The van der Waals surface area contributed by atoms with Crippen LogP contribution in [-0.4, -0.2) is 30.4 Å². The van der Waals surface area contributed by atoms with Crippen LogP contribution in [0.15, 0.2) is 60.7 Å². The molecule has 0 saturated carbocycles. The van der Waals surface area contributed by atoms with Gasteiger partial charge >= 0.3 is 0 Å². The predicted octanol–water partition coefficient (Wildman–Crippen LogP) is 12.7. The molecule has 0 aliphatic rings. The van der Waals surface area contributed by atoms with Gasteiger partial charge in [-0.2, -0.15) is 0 Å². The van der Waals surface area contributed by atoms with Crippen molar-refractivity contribution in [1.29, 1.82) is 0 Å². The van der Waals surface area contributed by atoms with Gasteiger partial charge in [0.15, 0.2) is 0 Å². The van der Waals surface area contributed by atoms with Gasteiger partial charge in [-0.15, -0.1) is 45.3 Å². The Morgan fingerprint density at radius 1 is 0.500 bits per heavy atom. The highest BCUT2D eigenvalue weighted by atomic mass is 32.1. The molecule has 6 rings (SSSR count). The quantitative estimate of drug-likeness (QED) is 0.153. The first kappa shape index (κ1) is 33.7. The van der Waals surface area contributed by atoms with Crippen LogP contribution < -0.4 is 18.5 Å². The predicted molar refractivity (Wildman–Crippen MR) is 216 cm³/mol. The van der Waals surface area contributed by atoms with Gasteiger partial charge in [0.1, 0.15) is 11.5 Å². The van der Waals surface area contributed by atoms with Gasteiger partial charge in [0.25, 0.3) is 0 Å². The van der Waals surface area contributed by atoms with Crippen LogP contribution in [0.4, 0.5) is 0 Å². The minimum Gasteiger partial charge on any atom is -0.497 e. The lowest BCUT2D eigenvalue weighted by molar-refractivity contribution is 0.415. The van der Waals surface area contributed by atoms with Gasteiger partial charge in [-0.3, -0.25) is 0 Å². The maximum absolute atomic E-state index is 5.48. The summed E-state index contributed by atoms with van der Waals surface area (Å²) in [6.45, 7) is 25.0. The van der Waals surface area contributed by atoms with E-state index in [1.807, 2.05) is 22.7 Å². The molecule has 4 aromatic heterocycles. The second-order valence-electron chi connectivity index (χ2n) is 15.4. The maximum atomic E-state index is 5.48. The second-order valence-corrected chi connectivity index (χ2v) is 30.8. The molecule has 0 aliphatic heterocycles. The standard InChI is InChI=1S/C38H46O2S4Si2/c1-37(2,3)45(9,10)35-27-21-29(23-13-17-25(39-7)18-14-23)41-31(27)33(43-35)34-32-28(36(44-34)46(11,12)38(4,5)6)22-30(42-32)24-15-19-26(40-8)20-16-24/h13-22H,1-12H3. The molecule has 0 fully saturated rings. The molecular formula is C38H46O2S4Si2. The van der Waals surface area contributed by atoms with Crippen molar-refractivity contribution in [3.63, 3.8) is 0 Å². The number of hydrogen-bond donors (Lipinski definition) is 0. The van der Waals surface area contributed by atoms with Gasteiger partial charge in [0, 0.05) is 20.5 Å². The Hall–Kier alpha value is -2.21. The lowest BCUT2D eigenvalue weighted by Crippen LogP contribution is -2.48. The Morgan fingerprint density at radius 2 is 0.826 bits per heavy atom. The van der Waals surface area contributed by atoms with Crippen molar-refractivity contribution < 1.29 is 9.47 Å². The normalized spacial score (nSPS) is 13.2. The van der Waals surface area contributed by atoms with Crippen molar-refractivity contribution in [2.75, 3.05) is 14.2 Å². The van der Waals surface area contributed by atoms with Gasteiger partial charge in [0.2, 0.25) is 0 Å². The fraction of sp³-hybridized carbons (Fsp3) is 0.368. The Balaban J connectivity index is 1.64. The summed E-state index contributed by atoms with van der Waals surface area (Å²) < 4.78 is 17.1. The van der Waals surface area contributed by atoms with Crippen LogP contribution in [0.5, 0.6) is 11.5 Å². The highest BCUT2D eigenvalue weighted by Gasteiger charge is 2.43. The van der Waals surface area contributed by atoms with Crippen molar-refractivity contribution in [3.8, 4) is 42.1 Å². The first-order valence-corrected chi connectivity index (χ1v) is 25.2. The lowest BCUT2D eigenvalue weighted by atomic mass is 10.1. The molecule has 4 heterocycles. The molecular weight excluding hydrogens is 673 g/mol. The third kappa shape index (κ3) is 5.56. The fourth-order valence-electron chi connectivity index (χ4n) is 5.57. The average Bonchev–Trinajstić information content (AvgIpc) is 3.76. The van der Waals surface area contributed by atoms with Crippen LogP contribution in [-0.2, 0) is 0 Å². The second kappa shape index (κ2) is 11.7. The van der Waals surface area contributed by atoms with Crippen molar-refractivity contribution >= 4 is 90.7 Å². The highest BCUT2D eigenvalue weighted by molar-refractivity contribution is 7.41. The van der Waals surface area contributed by atoms with Crippen LogP contribution >= 0.6 is 45.3 Å². The van der Waals surface area contributed by atoms with Crippen molar-refractivity contribution in [2.24, 2.45) is 0 Å². The summed E-state index contributed by atoms with van der Waals surface area (Å²) in [5, 5.41) is 3.44. The SMILES string of the molecule is COc1ccc(-c2cc3c([Si](C)(C)C(C)(C)C)sc(-c4sc([Si](C)(C)C(C)(C)C)c5cc(-c6ccc(OC)cc6)sc45)c3s2)cc1.